The number of hydrogen-bond donors (Lipinski definition) is 0. The fraction of sp³-hybridized carbons (Fsp3) is 0.484. The Bertz CT molecular complexity index is 1370. The van der Waals surface area contributed by atoms with Crippen LogP contribution in [0.2, 0.25) is 0 Å². The molecule has 5 atom stereocenters. The summed E-state index contributed by atoms with van der Waals surface area (Å²) in [4.78, 5) is 62.6. The lowest BCUT2D eigenvalue weighted by Crippen LogP contribution is -2.42. The predicted molar refractivity (Wildman–Crippen MR) is 160 cm³/mol. The number of benzene rings is 2. The van der Waals surface area contributed by atoms with Crippen LogP contribution >= 0.6 is 7.82 Å². The topological polar surface area (TPSA) is 182 Å². The maximum Gasteiger partial charge on any atom is 0.317 e. The highest BCUT2D eigenvalue weighted by molar-refractivity contribution is 7.45. The highest BCUT2D eigenvalue weighted by Gasteiger charge is 2.50. The van der Waals surface area contributed by atoms with E-state index in [1.54, 1.807) is 60.7 Å². The molecule has 0 bridgehead atoms. The zero-order chi connectivity index (χ0) is 34.5. The van der Waals surface area contributed by atoms with Gasteiger partial charge in [0.05, 0.1) is 27.7 Å². The molecule has 16 heteroatoms. The van der Waals surface area contributed by atoms with Gasteiger partial charge in [0.1, 0.15) is 45.3 Å². The molecule has 2 aromatic rings. The van der Waals surface area contributed by atoms with E-state index in [9.17, 15) is 28.6 Å². The zero-order valence-corrected chi connectivity index (χ0v) is 27.5. The van der Waals surface area contributed by atoms with Crippen molar-refractivity contribution in [1.29, 1.82) is 0 Å². The summed E-state index contributed by atoms with van der Waals surface area (Å²) < 4.78 is 54.7. The van der Waals surface area contributed by atoms with Gasteiger partial charge in [0, 0.05) is 7.11 Å². The van der Waals surface area contributed by atoms with Crippen LogP contribution in [0.1, 0.15) is 24.0 Å². The summed E-state index contributed by atoms with van der Waals surface area (Å²) in [6.07, 6.45) is -7.38. The number of likely N-dealkylation sites (N-methyl/N-ethyl adjacent to an activating group) is 1. The number of phosphoric acid groups is 1. The Morgan fingerprint density at radius 3 is 1.72 bits per heavy atom. The quantitative estimate of drug-likeness (QED) is 0.0728. The summed E-state index contributed by atoms with van der Waals surface area (Å²) in [7, 11) is 1.89. The van der Waals surface area contributed by atoms with Gasteiger partial charge in [-0.05, 0) is 11.1 Å². The van der Waals surface area contributed by atoms with Crippen molar-refractivity contribution in [1.82, 2.24) is 0 Å². The van der Waals surface area contributed by atoms with Crippen LogP contribution in [-0.4, -0.2) is 101 Å². The van der Waals surface area contributed by atoms with E-state index in [0.717, 1.165) is 0 Å². The Morgan fingerprint density at radius 2 is 1.26 bits per heavy atom. The van der Waals surface area contributed by atoms with Crippen LogP contribution in [0.15, 0.2) is 60.7 Å². The molecule has 1 aliphatic rings. The first-order valence-electron chi connectivity index (χ1n) is 14.6. The molecule has 258 valence electrons. The first-order valence-corrected chi connectivity index (χ1v) is 16.1. The number of esters is 4. The first kappa shape index (κ1) is 37.8. The van der Waals surface area contributed by atoms with Crippen molar-refractivity contribution in [2.45, 2.75) is 50.7 Å². The Morgan fingerprint density at radius 1 is 0.766 bits per heavy atom. The third-order valence-corrected chi connectivity index (χ3v) is 7.47. The van der Waals surface area contributed by atoms with Gasteiger partial charge in [-0.25, -0.2) is 0 Å². The summed E-state index contributed by atoms with van der Waals surface area (Å²) in [5.41, 5.74) is 1.39. The maximum absolute atomic E-state index is 12.8. The Hall–Kier alpha value is -3.69. The molecule has 0 amide bonds. The Kier molecular flexibility index (Phi) is 14.5. The minimum Gasteiger partial charge on any atom is -0.756 e. The molecule has 1 heterocycles. The van der Waals surface area contributed by atoms with Gasteiger partial charge in [-0.1, -0.05) is 60.7 Å². The van der Waals surface area contributed by atoms with E-state index < -0.39 is 75.8 Å². The molecule has 0 radical (unpaired) electrons. The average molecular weight is 682 g/mol. The molecule has 47 heavy (non-hydrogen) atoms. The van der Waals surface area contributed by atoms with E-state index in [1.807, 2.05) is 21.1 Å². The Balaban J connectivity index is 1.65. The number of carbonyl (C=O) groups is 4. The van der Waals surface area contributed by atoms with Gasteiger partial charge in [0.15, 0.2) is 18.5 Å². The second-order valence-electron chi connectivity index (χ2n) is 11.4. The number of quaternary nitrogens is 1. The van der Waals surface area contributed by atoms with Crippen LogP contribution in [0.4, 0.5) is 0 Å². The molecule has 1 aliphatic heterocycles. The van der Waals surface area contributed by atoms with Crippen molar-refractivity contribution in [3.8, 4) is 0 Å². The molecule has 0 saturated carbocycles. The molecular formula is C31H40NO14P. The van der Waals surface area contributed by atoms with Crippen LogP contribution in [-0.2, 0) is 74.4 Å². The molecule has 0 N–H and O–H groups in total. The number of nitrogens with zero attached hydrogens (tertiary/aromatic N) is 1. The summed E-state index contributed by atoms with van der Waals surface area (Å²) in [6.45, 7) is -0.704. The standard InChI is InChI=1S/C31H40NO14P/c1-32(2,3)15-16-42-47(37,38)43-21-24-29(45-27(35)17-25(33)40-19-22-11-7-5-8-12-22)30(31(39-4)44-24)46-28(36)18-26(34)41-20-23-13-9-6-10-14-23/h5-14,24,29-31H,15-21H2,1-4H3. The lowest BCUT2D eigenvalue weighted by atomic mass is 10.1. The van der Waals surface area contributed by atoms with Crippen molar-refractivity contribution in [3.05, 3.63) is 71.8 Å². The zero-order valence-electron chi connectivity index (χ0n) is 26.6. The van der Waals surface area contributed by atoms with Crippen LogP contribution < -0.4 is 4.89 Å². The molecule has 0 spiro atoms. The fourth-order valence-electron chi connectivity index (χ4n) is 4.11. The third-order valence-electron chi connectivity index (χ3n) is 6.51. The summed E-state index contributed by atoms with van der Waals surface area (Å²) in [6, 6.07) is 17.5. The van der Waals surface area contributed by atoms with E-state index in [4.69, 9.17) is 37.5 Å². The highest BCUT2D eigenvalue weighted by atomic mass is 31.2. The van der Waals surface area contributed by atoms with Crippen LogP contribution in [0.5, 0.6) is 0 Å². The number of rotatable bonds is 18. The molecular weight excluding hydrogens is 641 g/mol. The number of ether oxygens (including phenoxy) is 6. The van der Waals surface area contributed by atoms with E-state index in [-0.39, 0.29) is 19.8 Å². The van der Waals surface area contributed by atoms with Gasteiger partial charge in [0.25, 0.3) is 7.82 Å². The van der Waals surface area contributed by atoms with Gasteiger partial charge in [0.2, 0.25) is 0 Å². The van der Waals surface area contributed by atoms with Crippen LogP contribution in [0.3, 0.4) is 0 Å². The largest absolute Gasteiger partial charge is 0.756 e. The third kappa shape index (κ3) is 13.9. The van der Waals surface area contributed by atoms with Crippen LogP contribution in [0, 0.1) is 0 Å². The van der Waals surface area contributed by atoms with Crippen molar-refractivity contribution in [2.24, 2.45) is 0 Å². The monoisotopic (exact) mass is 681 g/mol. The molecule has 0 aromatic heterocycles. The van der Waals surface area contributed by atoms with Gasteiger partial charge in [-0.3, -0.25) is 23.7 Å². The van der Waals surface area contributed by atoms with E-state index in [1.165, 1.54) is 7.11 Å². The molecule has 15 nitrogen and oxygen atoms in total. The first-order chi connectivity index (χ1) is 22.2. The molecule has 0 aliphatic carbocycles. The normalized spacial score (nSPS) is 20.5. The average Bonchev–Trinajstić information content (AvgIpc) is 3.33. The second kappa shape index (κ2) is 18.0. The molecule has 1 saturated heterocycles. The van der Waals surface area contributed by atoms with Crippen molar-refractivity contribution >= 4 is 31.7 Å². The lowest BCUT2D eigenvalue weighted by molar-refractivity contribution is -0.870. The van der Waals surface area contributed by atoms with Gasteiger partial charge < -0.3 is 46.8 Å². The smallest absolute Gasteiger partial charge is 0.317 e. The van der Waals surface area contributed by atoms with Crippen LogP contribution in [0.25, 0.3) is 0 Å². The highest BCUT2D eigenvalue weighted by Crippen LogP contribution is 2.40. The van der Waals surface area contributed by atoms with Crippen molar-refractivity contribution in [2.75, 3.05) is 48.0 Å². The van der Waals surface area contributed by atoms with Crippen molar-refractivity contribution < 1.29 is 70.6 Å². The minimum atomic E-state index is -4.84. The maximum atomic E-state index is 12.8. The van der Waals surface area contributed by atoms with E-state index in [2.05, 4.69) is 0 Å². The summed E-state index contributed by atoms with van der Waals surface area (Å²) >= 11 is 0. The number of phosphoric ester groups is 1. The number of carbonyl (C=O) groups excluding carboxylic acids is 4. The molecule has 2 aromatic carbocycles. The number of hydrogen-bond acceptors (Lipinski definition) is 14. The second-order valence-corrected chi connectivity index (χ2v) is 12.8. The van der Waals surface area contributed by atoms with Gasteiger partial charge >= 0.3 is 23.9 Å². The minimum absolute atomic E-state index is 0.0771. The number of methoxy groups -OCH3 is 1. The summed E-state index contributed by atoms with van der Waals surface area (Å²) in [5, 5.41) is 0. The summed E-state index contributed by atoms with van der Waals surface area (Å²) in [5.74, 6) is -3.95. The van der Waals surface area contributed by atoms with Crippen molar-refractivity contribution in [3.63, 3.8) is 0 Å². The van der Waals surface area contributed by atoms with E-state index in [0.29, 0.717) is 22.2 Å². The van der Waals surface area contributed by atoms with Gasteiger partial charge in [-0.15, -0.1) is 0 Å². The molecule has 1 fully saturated rings. The van der Waals surface area contributed by atoms with Gasteiger partial charge in [-0.2, -0.15) is 0 Å². The Labute approximate surface area is 272 Å². The predicted octanol–water partition coefficient (Wildman–Crippen LogP) is 1.66. The SMILES string of the molecule is COC1OC(COP(=O)([O-])OCC[N+](C)(C)C)C(OC(=O)CC(=O)OCc2ccccc2)C1OC(=O)CC(=O)OCc1ccccc1. The molecule has 3 rings (SSSR count). The van der Waals surface area contributed by atoms with E-state index >= 15 is 0 Å². The molecule has 5 unspecified atom stereocenters. The fourth-order valence-corrected chi connectivity index (χ4v) is 4.82. The lowest BCUT2D eigenvalue weighted by Gasteiger charge is -2.28.